The Hall–Kier alpha value is -1.75. The van der Waals surface area contributed by atoms with Crippen LogP contribution in [-0.4, -0.2) is 54.6 Å². The van der Waals surface area contributed by atoms with Crippen LogP contribution in [0.4, 0.5) is 0 Å². The molecule has 142 valence electrons. The zero-order valence-corrected chi connectivity index (χ0v) is 15.9. The van der Waals surface area contributed by atoms with E-state index in [1.165, 1.54) is 18.4 Å². The monoisotopic (exact) mass is 358 g/mol. The maximum absolute atomic E-state index is 12.7. The molecule has 0 N–H and O–H groups in total. The van der Waals surface area contributed by atoms with Gasteiger partial charge in [0.05, 0.1) is 0 Å². The summed E-state index contributed by atoms with van der Waals surface area (Å²) in [5.41, 5.74) is 1.22. The van der Waals surface area contributed by atoms with Gasteiger partial charge in [0.1, 0.15) is 13.2 Å². The summed E-state index contributed by atoms with van der Waals surface area (Å²) in [6, 6.07) is 6.52. The second-order valence-electron chi connectivity index (χ2n) is 8.26. The minimum atomic E-state index is 0.308. The lowest BCUT2D eigenvalue weighted by atomic mass is 10.0. The molecule has 0 aromatic heterocycles. The lowest BCUT2D eigenvalue weighted by Gasteiger charge is -2.35. The van der Waals surface area contributed by atoms with E-state index in [1.807, 2.05) is 6.07 Å². The van der Waals surface area contributed by atoms with Crippen LogP contribution in [0.1, 0.15) is 38.7 Å². The van der Waals surface area contributed by atoms with Gasteiger partial charge in [0.15, 0.2) is 11.5 Å². The molecule has 1 aliphatic carbocycles. The first kappa shape index (κ1) is 17.7. The molecule has 1 unspecified atom stereocenters. The highest BCUT2D eigenvalue weighted by Gasteiger charge is 2.35. The fraction of sp³-hybridized carbons (Fsp3) is 0.667. The zero-order chi connectivity index (χ0) is 18.1. The lowest BCUT2D eigenvalue weighted by Crippen LogP contribution is -2.47. The summed E-state index contributed by atoms with van der Waals surface area (Å²) in [7, 11) is 0. The zero-order valence-electron chi connectivity index (χ0n) is 15.9. The predicted octanol–water partition coefficient (Wildman–Crippen LogP) is 2.93. The summed E-state index contributed by atoms with van der Waals surface area (Å²) in [4.78, 5) is 17.4. The Kier molecular flexibility index (Phi) is 5.07. The molecular formula is C21H30N2O3. The van der Waals surface area contributed by atoms with Crippen molar-refractivity contribution in [2.24, 2.45) is 11.8 Å². The first-order valence-electron chi connectivity index (χ1n) is 10.0. The van der Waals surface area contributed by atoms with E-state index in [9.17, 15) is 4.79 Å². The number of carbonyl (C=O) groups excluding carboxylic acids is 1. The average molecular weight is 358 g/mol. The van der Waals surface area contributed by atoms with Gasteiger partial charge in [-0.1, -0.05) is 19.9 Å². The van der Waals surface area contributed by atoms with Gasteiger partial charge in [-0.15, -0.1) is 0 Å². The Morgan fingerprint density at radius 2 is 1.92 bits per heavy atom. The fourth-order valence-electron chi connectivity index (χ4n) is 4.01. The Morgan fingerprint density at radius 3 is 2.65 bits per heavy atom. The number of amides is 1. The molecule has 4 rings (SSSR count). The molecule has 5 nitrogen and oxygen atoms in total. The highest BCUT2D eigenvalue weighted by atomic mass is 16.6. The highest BCUT2D eigenvalue weighted by molar-refractivity contribution is 5.77. The largest absolute Gasteiger partial charge is 0.486 e. The third kappa shape index (κ3) is 3.98. The van der Waals surface area contributed by atoms with Crippen LogP contribution in [0.2, 0.25) is 0 Å². The van der Waals surface area contributed by atoms with E-state index < -0.39 is 0 Å². The van der Waals surface area contributed by atoms with E-state index in [0.29, 0.717) is 37.5 Å². The van der Waals surface area contributed by atoms with Gasteiger partial charge < -0.3 is 14.4 Å². The van der Waals surface area contributed by atoms with Gasteiger partial charge in [-0.25, -0.2) is 0 Å². The maximum Gasteiger partial charge on any atom is 0.224 e. The standard InChI is InChI=1S/C21H30N2O3/c1-15(2)18-14-22(8-7-21(24)23(18)13-16-3-4-16)12-17-5-6-19-20(11-17)26-10-9-25-19/h5-6,11,15-16,18H,3-4,7-10,12-14H2,1-2H3. The SMILES string of the molecule is CC(C)C1CN(Cc2ccc3c(c2)OCCO3)CCC(=O)N1CC1CC1. The van der Waals surface area contributed by atoms with Gasteiger partial charge >= 0.3 is 0 Å². The fourth-order valence-corrected chi connectivity index (χ4v) is 4.01. The third-order valence-corrected chi connectivity index (χ3v) is 5.74. The first-order valence-corrected chi connectivity index (χ1v) is 10.0. The van der Waals surface area contributed by atoms with Gasteiger partial charge in [0.25, 0.3) is 0 Å². The molecule has 1 saturated carbocycles. The maximum atomic E-state index is 12.7. The van der Waals surface area contributed by atoms with Crippen molar-refractivity contribution in [3.63, 3.8) is 0 Å². The van der Waals surface area contributed by atoms with E-state index in [-0.39, 0.29) is 0 Å². The van der Waals surface area contributed by atoms with Crippen LogP contribution in [0.5, 0.6) is 11.5 Å². The van der Waals surface area contributed by atoms with Crippen molar-refractivity contribution in [3.8, 4) is 11.5 Å². The van der Waals surface area contributed by atoms with Crippen molar-refractivity contribution in [2.75, 3.05) is 32.8 Å². The molecule has 0 spiro atoms. The summed E-state index contributed by atoms with van der Waals surface area (Å²) in [5, 5.41) is 0. The molecule has 1 aromatic rings. The molecule has 1 aromatic carbocycles. The van der Waals surface area contributed by atoms with Crippen LogP contribution in [0.25, 0.3) is 0 Å². The molecule has 3 aliphatic rings. The van der Waals surface area contributed by atoms with Crippen LogP contribution in [0, 0.1) is 11.8 Å². The topological polar surface area (TPSA) is 42.0 Å². The van der Waals surface area contributed by atoms with Crippen molar-refractivity contribution in [1.29, 1.82) is 0 Å². The van der Waals surface area contributed by atoms with Gasteiger partial charge in [-0.3, -0.25) is 9.69 Å². The minimum absolute atomic E-state index is 0.308. The van der Waals surface area contributed by atoms with Crippen molar-refractivity contribution < 1.29 is 14.3 Å². The first-order chi connectivity index (χ1) is 12.6. The van der Waals surface area contributed by atoms with Crippen LogP contribution in [-0.2, 0) is 11.3 Å². The molecule has 0 radical (unpaired) electrons. The van der Waals surface area contributed by atoms with Gasteiger partial charge in [0, 0.05) is 38.6 Å². The summed E-state index contributed by atoms with van der Waals surface area (Å²) < 4.78 is 11.3. The van der Waals surface area contributed by atoms with E-state index in [4.69, 9.17) is 9.47 Å². The van der Waals surface area contributed by atoms with E-state index in [2.05, 4.69) is 35.8 Å². The molecule has 0 bridgehead atoms. The second kappa shape index (κ2) is 7.47. The number of nitrogens with zero attached hydrogens (tertiary/aromatic N) is 2. The van der Waals surface area contributed by atoms with E-state index in [0.717, 1.165) is 43.6 Å². The second-order valence-corrected chi connectivity index (χ2v) is 8.26. The number of benzene rings is 1. The van der Waals surface area contributed by atoms with Crippen LogP contribution >= 0.6 is 0 Å². The number of fused-ring (bicyclic) bond motifs is 1. The quantitative estimate of drug-likeness (QED) is 0.812. The van der Waals surface area contributed by atoms with Crippen LogP contribution in [0.15, 0.2) is 18.2 Å². The van der Waals surface area contributed by atoms with E-state index >= 15 is 0 Å². The molecule has 2 aliphatic heterocycles. The van der Waals surface area contributed by atoms with Crippen molar-refractivity contribution in [1.82, 2.24) is 9.80 Å². The molecule has 26 heavy (non-hydrogen) atoms. The Labute approximate surface area is 156 Å². The molecule has 1 saturated heterocycles. The Balaban J connectivity index is 1.47. The number of ether oxygens (including phenoxy) is 2. The predicted molar refractivity (Wildman–Crippen MR) is 100 cm³/mol. The normalized spacial score (nSPS) is 24.0. The van der Waals surface area contributed by atoms with Crippen LogP contribution in [0.3, 0.4) is 0 Å². The Morgan fingerprint density at radius 1 is 1.15 bits per heavy atom. The molecule has 1 amide bonds. The average Bonchev–Trinajstić information content (AvgIpc) is 3.46. The number of rotatable bonds is 5. The molecule has 2 heterocycles. The molecule has 1 atom stereocenters. The lowest BCUT2D eigenvalue weighted by molar-refractivity contribution is -0.133. The van der Waals surface area contributed by atoms with Crippen molar-refractivity contribution in [2.45, 2.75) is 45.7 Å². The van der Waals surface area contributed by atoms with Crippen molar-refractivity contribution in [3.05, 3.63) is 23.8 Å². The van der Waals surface area contributed by atoms with Gasteiger partial charge in [0.2, 0.25) is 5.91 Å². The highest BCUT2D eigenvalue weighted by Crippen LogP contribution is 2.33. The number of hydrogen-bond donors (Lipinski definition) is 0. The summed E-state index contributed by atoms with van der Waals surface area (Å²) in [6.07, 6.45) is 3.20. The molecular weight excluding hydrogens is 328 g/mol. The van der Waals surface area contributed by atoms with Gasteiger partial charge in [-0.2, -0.15) is 0 Å². The molecule has 2 fully saturated rings. The third-order valence-electron chi connectivity index (χ3n) is 5.74. The number of hydrogen-bond acceptors (Lipinski definition) is 4. The smallest absolute Gasteiger partial charge is 0.224 e. The number of carbonyl (C=O) groups is 1. The summed E-state index contributed by atoms with van der Waals surface area (Å²) in [5.74, 6) is 3.22. The van der Waals surface area contributed by atoms with Crippen LogP contribution < -0.4 is 9.47 Å². The Bertz CT molecular complexity index is 657. The summed E-state index contributed by atoms with van der Waals surface area (Å²) >= 11 is 0. The summed E-state index contributed by atoms with van der Waals surface area (Å²) in [6.45, 7) is 9.30. The minimum Gasteiger partial charge on any atom is -0.486 e. The molecule has 5 heteroatoms. The van der Waals surface area contributed by atoms with Gasteiger partial charge in [-0.05, 0) is 42.4 Å². The van der Waals surface area contributed by atoms with E-state index in [1.54, 1.807) is 0 Å². The van der Waals surface area contributed by atoms with Crippen molar-refractivity contribution >= 4 is 5.91 Å².